The molecule has 154 valence electrons. The second-order valence-corrected chi connectivity index (χ2v) is 11.9. The molecule has 8 nitrogen and oxygen atoms in total. The van der Waals surface area contributed by atoms with Crippen LogP contribution < -0.4 is 0 Å². The summed E-state index contributed by atoms with van der Waals surface area (Å²) in [5.74, 6) is -0.137. The zero-order valence-corrected chi connectivity index (χ0v) is 19.3. The smallest absolute Gasteiger partial charge is 0.416 e. The number of thioether (sulfide) groups is 4. The molecule has 0 aromatic rings. The van der Waals surface area contributed by atoms with Crippen LogP contribution >= 0.6 is 47.0 Å². The number of carbonyl (C=O) groups is 2. The summed E-state index contributed by atoms with van der Waals surface area (Å²) >= 11 is 4.70. The van der Waals surface area contributed by atoms with Crippen LogP contribution in [0.25, 0.3) is 0 Å². The van der Waals surface area contributed by atoms with Crippen LogP contribution in [0, 0.1) is 22.7 Å². The first kappa shape index (κ1) is 23.5. The normalized spacial score (nSPS) is 33.0. The zero-order valence-electron chi connectivity index (χ0n) is 16.0. The maximum atomic E-state index is 12.3. The van der Waals surface area contributed by atoms with Gasteiger partial charge in [-0.3, -0.25) is 0 Å². The second-order valence-electron chi connectivity index (χ2n) is 6.59. The molecule has 0 N–H and O–H groups in total. The van der Waals surface area contributed by atoms with Gasteiger partial charge in [0.05, 0.1) is 0 Å². The van der Waals surface area contributed by atoms with E-state index in [9.17, 15) is 20.1 Å². The summed E-state index contributed by atoms with van der Waals surface area (Å²) < 4.78 is 7.45. The van der Waals surface area contributed by atoms with Gasteiger partial charge in [0.15, 0.2) is 0 Å². The van der Waals surface area contributed by atoms with Crippen LogP contribution in [0.2, 0.25) is 0 Å². The number of nitrogens with zero attached hydrogens (tertiary/aromatic N) is 4. The number of hydrogen-bond donors (Lipinski definition) is 0. The molecule has 0 radical (unpaired) electrons. The average Bonchev–Trinajstić information content (AvgIpc) is 2.68. The van der Waals surface area contributed by atoms with E-state index in [2.05, 4.69) is 0 Å². The molecular formula is C16H22N4O4S4. The number of rotatable bonds is 4. The highest BCUT2D eigenvalue weighted by Crippen LogP contribution is 2.45. The van der Waals surface area contributed by atoms with Crippen molar-refractivity contribution in [2.45, 2.75) is 20.6 Å². The summed E-state index contributed by atoms with van der Waals surface area (Å²) in [4.78, 5) is 28.6. The molecule has 0 atom stereocenters. The SMILES string of the molecule is CN(C)C1CSC(C#N)(OC(=O)C(=O)OC2(C#N)SCC(N(C)C)CS2)SC1. The standard InChI is InChI=1S/C16H22N4O4S4/c1-19(2)11-5-25-15(9-17,26-6-11)23-13(21)14(22)24-16(10-18)27-7-12(8-28-16)20(3)4/h11-12H,5-8H2,1-4H3. The minimum Gasteiger partial charge on any atom is -0.416 e. The highest BCUT2D eigenvalue weighted by atomic mass is 32.2. The highest BCUT2D eigenvalue weighted by molar-refractivity contribution is 8.19. The third-order valence-corrected chi connectivity index (χ3v) is 10.1. The van der Waals surface area contributed by atoms with Gasteiger partial charge in [-0.1, -0.05) is 47.0 Å². The lowest BCUT2D eigenvalue weighted by Gasteiger charge is -2.36. The molecule has 0 aromatic carbocycles. The minimum atomic E-state index is -1.48. The molecule has 0 saturated carbocycles. The fourth-order valence-electron chi connectivity index (χ4n) is 2.22. The van der Waals surface area contributed by atoms with Gasteiger partial charge < -0.3 is 19.3 Å². The molecule has 2 rings (SSSR count). The average molecular weight is 463 g/mol. The van der Waals surface area contributed by atoms with E-state index >= 15 is 0 Å². The van der Waals surface area contributed by atoms with Crippen molar-refractivity contribution in [3.8, 4) is 12.1 Å². The predicted octanol–water partition coefficient (Wildman–Crippen LogP) is 1.25. The highest BCUT2D eigenvalue weighted by Gasteiger charge is 2.47. The minimum absolute atomic E-state index is 0.240. The van der Waals surface area contributed by atoms with Gasteiger partial charge in [0.2, 0.25) is 0 Å². The molecule has 2 aliphatic rings. The fraction of sp³-hybridized carbons (Fsp3) is 0.750. The Kier molecular flexibility index (Phi) is 8.26. The maximum Gasteiger partial charge on any atom is 0.420 e. The monoisotopic (exact) mass is 462 g/mol. The van der Waals surface area contributed by atoms with Crippen LogP contribution in [0.1, 0.15) is 0 Å². The molecule has 0 bridgehead atoms. The van der Waals surface area contributed by atoms with Gasteiger partial charge in [-0.05, 0) is 28.2 Å². The molecule has 0 spiro atoms. The lowest BCUT2D eigenvalue weighted by Crippen LogP contribution is -2.44. The molecule has 0 aromatic heterocycles. The topological polar surface area (TPSA) is 107 Å². The first-order valence-corrected chi connectivity index (χ1v) is 12.3. The molecule has 28 heavy (non-hydrogen) atoms. The first-order valence-electron chi connectivity index (χ1n) is 8.33. The van der Waals surface area contributed by atoms with Gasteiger partial charge in [-0.25, -0.2) is 9.59 Å². The van der Waals surface area contributed by atoms with Crippen molar-refractivity contribution in [3.63, 3.8) is 0 Å². The van der Waals surface area contributed by atoms with Crippen LogP contribution in [-0.4, -0.2) is 93.6 Å². The molecular weight excluding hydrogens is 440 g/mol. The van der Waals surface area contributed by atoms with Crippen molar-refractivity contribution < 1.29 is 19.1 Å². The van der Waals surface area contributed by atoms with Gasteiger partial charge in [0.25, 0.3) is 8.53 Å². The van der Waals surface area contributed by atoms with E-state index in [0.717, 1.165) is 0 Å². The Morgan fingerprint density at radius 2 is 1.07 bits per heavy atom. The molecule has 0 amide bonds. The van der Waals surface area contributed by atoms with E-state index in [4.69, 9.17) is 9.47 Å². The Bertz CT molecular complexity index is 617. The summed E-state index contributed by atoms with van der Waals surface area (Å²) in [6, 6.07) is 4.45. The lowest BCUT2D eigenvalue weighted by molar-refractivity contribution is -0.169. The van der Waals surface area contributed by atoms with E-state index in [1.165, 1.54) is 47.0 Å². The first-order chi connectivity index (χ1) is 13.2. The van der Waals surface area contributed by atoms with Crippen molar-refractivity contribution in [3.05, 3.63) is 0 Å². The Labute approximate surface area is 182 Å². The van der Waals surface area contributed by atoms with Crippen molar-refractivity contribution in [2.24, 2.45) is 0 Å². The van der Waals surface area contributed by atoms with Crippen molar-refractivity contribution in [1.82, 2.24) is 9.80 Å². The Morgan fingerprint density at radius 1 is 0.786 bits per heavy atom. The number of nitriles is 2. The van der Waals surface area contributed by atoms with Crippen molar-refractivity contribution in [1.29, 1.82) is 10.5 Å². The largest absolute Gasteiger partial charge is 0.420 e. The molecule has 2 aliphatic heterocycles. The molecule has 12 heteroatoms. The van der Waals surface area contributed by atoms with Crippen LogP contribution in [0.3, 0.4) is 0 Å². The van der Waals surface area contributed by atoms with Crippen LogP contribution in [0.4, 0.5) is 0 Å². The summed E-state index contributed by atoms with van der Waals surface area (Å²) in [6.07, 6.45) is 0. The predicted molar refractivity (Wildman–Crippen MR) is 114 cm³/mol. The van der Waals surface area contributed by atoms with Gasteiger partial charge in [-0.15, -0.1) is 0 Å². The van der Waals surface area contributed by atoms with E-state index in [1.807, 2.05) is 50.1 Å². The van der Waals surface area contributed by atoms with Gasteiger partial charge in [0.1, 0.15) is 12.1 Å². The van der Waals surface area contributed by atoms with E-state index in [-0.39, 0.29) is 12.1 Å². The number of carbonyl (C=O) groups excluding carboxylic acids is 2. The zero-order chi connectivity index (χ0) is 20.9. The summed E-state index contributed by atoms with van der Waals surface area (Å²) in [5.41, 5.74) is 0. The Morgan fingerprint density at radius 3 is 1.29 bits per heavy atom. The van der Waals surface area contributed by atoms with E-state index in [0.29, 0.717) is 23.0 Å². The molecule has 2 saturated heterocycles. The second kappa shape index (κ2) is 9.83. The number of hydrogen-bond acceptors (Lipinski definition) is 12. The molecule has 0 unspecified atom stereocenters. The quantitative estimate of drug-likeness (QED) is 0.443. The van der Waals surface area contributed by atoms with E-state index in [1.54, 1.807) is 0 Å². The number of ether oxygens (including phenoxy) is 2. The molecule has 0 aliphatic carbocycles. The third-order valence-electron chi connectivity index (χ3n) is 4.22. The van der Waals surface area contributed by atoms with Gasteiger partial charge in [0, 0.05) is 35.1 Å². The van der Waals surface area contributed by atoms with Crippen LogP contribution in [0.5, 0.6) is 0 Å². The Hall–Kier alpha value is -0.760. The number of esters is 2. The third kappa shape index (κ3) is 5.65. The van der Waals surface area contributed by atoms with Crippen LogP contribution in [-0.2, 0) is 19.1 Å². The maximum absolute atomic E-state index is 12.3. The molecule has 2 fully saturated rings. The summed E-state index contributed by atoms with van der Waals surface area (Å²) in [6.45, 7) is 0. The van der Waals surface area contributed by atoms with E-state index < -0.39 is 20.5 Å². The van der Waals surface area contributed by atoms with Crippen molar-refractivity contribution in [2.75, 3.05) is 51.2 Å². The lowest BCUT2D eigenvalue weighted by atomic mass is 10.4. The van der Waals surface area contributed by atoms with Crippen LogP contribution in [0.15, 0.2) is 0 Å². The van der Waals surface area contributed by atoms with Crippen molar-refractivity contribution >= 4 is 59.0 Å². The molecule has 2 heterocycles. The fourth-order valence-corrected chi connectivity index (χ4v) is 8.11. The Balaban J connectivity index is 1.96. The summed E-state index contributed by atoms with van der Waals surface area (Å²) in [5, 5.41) is 19.0. The van der Waals surface area contributed by atoms with Gasteiger partial charge >= 0.3 is 11.9 Å². The van der Waals surface area contributed by atoms with Gasteiger partial charge in [-0.2, -0.15) is 10.5 Å². The summed E-state index contributed by atoms with van der Waals surface area (Å²) in [7, 11) is 7.76.